The minimum atomic E-state index is 0.550. The molecule has 1 aliphatic heterocycles. The second-order valence-electron chi connectivity index (χ2n) is 5.18. The quantitative estimate of drug-likeness (QED) is 0.826. The van der Waals surface area contributed by atoms with E-state index in [-0.39, 0.29) is 0 Å². The second-order valence-corrected chi connectivity index (χ2v) is 5.18. The minimum Gasteiger partial charge on any atom is -0.497 e. The van der Waals surface area contributed by atoms with E-state index < -0.39 is 0 Å². The van der Waals surface area contributed by atoms with E-state index in [0.29, 0.717) is 6.04 Å². The van der Waals surface area contributed by atoms with E-state index in [1.54, 1.807) is 7.11 Å². The molecule has 1 aliphatic rings. The largest absolute Gasteiger partial charge is 0.497 e. The van der Waals surface area contributed by atoms with Gasteiger partial charge in [0.15, 0.2) is 0 Å². The average Bonchev–Trinajstić information content (AvgIpc) is 2.77. The maximum atomic E-state index is 6.11. The number of ether oxygens (including phenoxy) is 1. The van der Waals surface area contributed by atoms with Gasteiger partial charge in [-0.25, -0.2) is 0 Å². The summed E-state index contributed by atoms with van der Waals surface area (Å²) in [6.07, 6.45) is 2.46. The zero-order chi connectivity index (χ0) is 13.1. The number of hydrogen-bond acceptors (Lipinski definition) is 4. The van der Waals surface area contributed by atoms with Crippen molar-refractivity contribution in [2.45, 2.75) is 18.9 Å². The number of methoxy groups -OCH3 is 1. The van der Waals surface area contributed by atoms with Crippen molar-refractivity contribution in [2.75, 3.05) is 44.9 Å². The van der Waals surface area contributed by atoms with Gasteiger partial charge in [0.25, 0.3) is 0 Å². The summed E-state index contributed by atoms with van der Waals surface area (Å²) in [4.78, 5) is 4.65. The Morgan fingerprint density at radius 3 is 2.89 bits per heavy atom. The molecular weight excluding hydrogens is 226 g/mol. The van der Waals surface area contributed by atoms with Gasteiger partial charge in [-0.3, -0.25) is 0 Å². The third kappa shape index (κ3) is 2.70. The second kappa shape index (κ2) is 5.48. The van der Waals surface area contributed by atoms with Crippen molar-refractivity contribution >= 4 is 11.4 Å². The molecule has 0 saturated carbocycles. The SMILES string of the molecule is COc1ccc(N)c(N2CCCC2CN(C)C)c1. The zero-order valence-electron chi connectivity index (χ0n) is 11.5. The first-order valence-electron chi connectivity index (χ1n) is 6.46. The van der Waals surface area contributed by atoms with Crippen molar-refractivity contribution < 1.29 is 4.74 Å². The van der Waals surface area contributed by atoms with Crippen molar-refractivity contribution in [3.63, 3.8) is 0 Å². The molecule has 1 fully saturated rings. The summed E-state index contributed by atoms with van der Waals surface area (Å²) in [5.41, 5.74) is 8.05. The van der Waals surface area contributed by atoms with E-state index in [4.69, 9.17) is 10.5 Å². The van der Waals surface area contributed by atoms with E-state index in [0.717, 1.165) is 30.2 Å². The Kier molecular flexibility index (Phi) is 3.97. The summed E-state index contributed by atoms with van der Waals surface area (Å²) in [5.74, 6) is 0.870. The lowest BCUT2D eigenvalue weighted by Gasteiger charge is -2.30. The van der Waals surface area contributed by atoms with Crippen LogP contribution in [0.1, 0.15) is 12.8 Å². The van der Waals surface area contributed by atoms with Crippen LogP contribution in [0.15, 0.2) is 18.2 Å². The number of nitrogens with two attached hydrogens (primary N) is 1. The highest BCUT2D eigenvalue weighted by atomic mass is 16.5. The molecule has 0 amide bonds. The van der Waals surface area contributed by atoms with Crippen LogP contribution in [-0.2, 0) is 0 Å². The van der Waals surface area contributed by atoms with Crippen LogP contribution in [0.4, 0.5) is 11.4 Å². The standard InChI is InChI=1S/C14H23N3O/c1-16(2)10-11-5-4-8-17(11)14-9-12(18-3)6-7-13(14)15/h6-7,9,11H,4-5,8,10,15H2,1-3H3. The summed E-state index contributed by atoms with van der Waals surface area (Å²) in [6, 6.07) is 6.44. The number of nitrogens with zero attached hydrogens (tertiary/aromatic N) is 2. The van der Waals surface area contributed by atoms with Crippen LogP contribution in [0, 0.1) is 0 Å². The molecule has 1 saturated heterocycles. The van der Waals surface area contributed by atoms with Crippen molar-refractivity contribution in [1.29, 1.82) is 0 Å². The van der Waals surface area contributed by atoms with Gasteiger partial charge in [-0.1, -0.05) is 0 Å². The van der Waals surface area contributed by atoms with Crippen LogP contribution in [0.25, 0.3) is 0 Å². The fourth-order valence-corrected chi connectivity index (χ4v) is 2.66. The lowest BCUT2D eigenvalue weighted by atomic mass is 10.2. The molecule has 2 N–H and O–H groups in total. The van der Waals surface area contributed by atoms with Gasteiger partial charge < -0.3 is 20.3 Å². The van der Waals surface area contributed by atoms with E-state index in [1.807, 2.05) is 18.2 Å². The number of anilines is 2. The minimum absolute atomic E-state index is 0.550. The predicted molar refractivity (Wildman–Crippen MR) is 76.3 cm³/mol. The molecule has 1 heterocycles. The Labute approximate surface area is 109 Å². The van der Waals surface area contributed by atoms with Gasteiger partial charge in [0.1, 0.15) is 5.75 Å². The average molecular weight is 249 g/mol. The third-order valence-electron chi connectivity index (χ3n) is 3.50. The van der Waals surface area contributed by atoms with E-state index >= 15 is 0 Å². The topological polar surface area (TPSA) is 41.7 Å². The third-order valence-corrected chi connectivity index (χ3v) is 3.50. The molecule has 0 aliphatic carbocycles. The summed E-state index contributed by atoms with van der Waals surface area (Å²) in [6.45, 7) is 2.15. The van der Waals surface area contributed by atoms with Crippen LogP contribution >= 0.6 is 0 Å². The Morgan fingerprint density at radius 2 is 2.22 bits per heavy atom. The molecule has 2 rings (SSSR count). The van der Waals surface area contributed by atoms with Crippen LogP contribution in [0.5, 0.6) is 5.75 Å². The molecule has 1 unspecified atom stereocenters. The van der Waals surface area contributed by atoms with Crippen molar-refractivity contribution in [3.05, 3.63) is 18.2 Å². The Balaban J connectivity index is 2.23. The van der Waals surface area contributed by atoms with Gasteiger partial charge in [-0.15, -0.1) is 0 Å². The van der Waals surface area contributed by atoms with Crippen LogP contribution in [0.2, 0.25) is 0 Å². The highest BCUT2D eigenvalue weighted by Crippen LogP contribution is 2.33. The number of nitrogen functional groups attached to an aromatic ring is 1. The molecule has 0 spiro atoms. The van der Waals surface area contributed by atoms with Crippen molar-refractivity contribution in [2.24, 2.45) is 0 Å². The van der Waals surface area contributed by atoms with Gasteiger partial charge in [0.2, 0.25) is 0 Å². The van der Waals surface area contributed by atoms with Crippen LogP contribution < -0.4 is 15.4 Å². The molecule has 1 aromatic carbocycles. The molecule has 1 atom stereocenters. The van der Waals surface area contributed by atoms with Crippen molar-refractivity contribution in [1.82, 2.24) is 4.90 Å². The first kappa shape index (κ1) is 13.0. The van der Waals surface area contributed by atoms with Crippen LogP contribution in [0.3, 0.4) is 0 Å². The van der Waals surface area contributed by atoms with E-state index in [2.05, 4.69) is 23.9 Å². The van der Waals surface area contributed by atoms with E-state index in [9.17, 15) is 0 Å². The summed E-state index contributed by atoms with van der Waals surface area (Å²) in [5, 5.41) is 0. The lowest BCUT2D eigenvalue weighted by Crippen LogP contribution is -2.37. The fourth-order valence-electron chi connectivity index (χ4n) is 2.66. The maximum absolute atomic E-state index is 6.11. The van der Waals surface area contributed by atoms with Gasteiger partial charge in [-0.05, 0) is 39.1 Å². The number of benzene rings is 1. The Bertz CT molecular complexity index is 406. The van der Waals surface area contributed by atoms with Gasteiger partial charge >= 0.3 is 0 Å². The van der Waals surface area contributed by atoms with Gasteiger partial charge in [-0.2, -0.15) is 0 Å². The number of likely N-dealkylation sites (N-methyl/N-ethyl adjacent to an activating group) is 1. The Hall–Kier alpha value is -1.42. The smallest absolute Gasteiger partial charge is 0.121 e. The Morgan fingerprint density at radius 1 is 1.44 bits per heavy atom. The highest BCUT2D eigenvalue weighted by molar-refractivity contribution is 5.70. The molecule has 18 heavy (non-hydrogen) atoms. The number of hydrogen-bond donors (Lipinski definition) is 1. The monoisotopic (exact) mass is 249 g/mol. The highest BCUT2D eigenvalue weighted by Gasteiger charge is 2.26. The maximum Gasteiger partial charge on any atom is 0.121 e. The van der Waals surface area contributed by atoms with Gasteiger partial charge in [0, 0.05) is 25.2 Å². The molecule has 4 heteroatoms. The summed E-state index contributed by atoms with van der Waals surface area (Å²) >= 11 is 0. The molecule has 0 radical (unpaired) electrons. The molecule has 1 aromatic rings. The fraction of sp³-hybridized carbons (Fsp3) is 0.571. The molecule has 4 nitrogen and oxygen atoms in total. The zero-order valence-corrected chi connectivity index (χ0v) is 11.5. The van der Waals surface area contributed by atoms with Crippen LogP contribution in [-0.4, -0.2) is 45.2 Å². The lowest BCUT2D eigenvalue weighted by molar-refractivity contribution is 0.372. The van der Waals surface area contributed by atoms with Gasteiger partial charge in [0.05, 0.1) is 18.5 Å². The summed E-state index contributed by atoms with van der Waals surface area (Å²) in [7, 11) is 5.92. The van der Waals surface area contributed by atoms with Crippen molar-refractivity contribution in [3.8, 4) is 5.75 Å². The first-order chi connectivity index (χ1) is 8.61. The predicted octanol–water partition coefficient (Wildman–Crippen LogP) is 1.81. The molecule has 100 valence electrons. The summed E-state index contributed by atoms with van der Waals surface area (Å²) < 4.78 is 5.29. The molecule has 0 bridgehead atoms. The van der Waals surface area contributed by atoms with E-state index in [1.165, 1.54) is 12.8 Å². The normalized spacial score (nSPS) is 19.6. The number of rotatable bonds is 4. The molecule has 0 aromatic heterocycles. The molecular formula is C14H23N3O. The first-order valence-corrected chi connectivity index (χ1v) is 6.46.